The minimum absolute atomic E-state index is 0.202. The van der Waals surface area contributed by atoms with Gasteiger partial charge in [-0.25, -0.2) is 9.59 Å². The smallest absolute Gasteiger partial charge is 0.422 e. The van der Waals surface area contributed by atoms with Crippen LogP contribution in [0.15, 0.2) is 0 Å². The number of carboxylic acids is 1. The second kappa shape index (κ2) is 6.46. The molecule has 0 saturated carbocycles. The van der Waals surface area contributed by atoms with Gasteiger partial charge < -0.3 is 15.7 Å². The first kappa shape index (κ1) is 16.5. The molecule has 0 rings (SSSR count). The second-order valence-electron chi connectivity index (χ2n) is 4.02. The lowest BCUT2D eigenvalue weighted by Crippen LogP contribution is -2.63. The number of carbonyl (C=O) groups excluding carboxylic acids is 1. The quantitative estimate of drug-likeness (QED) is 0.645. The van der Waals surface area contributed by atoms with Crippen LogP contribution in [0.3, 0.4) is 0 Å². The van der Waals surface area contributed by atoms with Crippen LogP contribution in [0.5, 0.6) is 0 Å². The summed E-state index contributed by atoms with van der Waals surface area (Å²) in [7, 11) is 0. The Hall–Kier alpha value is -1.47. The zero-order valence-corrected chi connectivity index (χ0v) is 10.2. The summed E-state index contributed by atoms with van der Waals surface area (Å²) >= 11 is 0. The Morgan fingerprint density at radius 2 is 1.78 bits per heavy atom. The number of rotatable bonds is 6. The van der Waals surface area contributed by atoms with E-state index in [0.717, 1.165) is 12.8 Å². The topological polar surface area (TPSA) is 78.4 Å². The van der Waals surface area contributed by atoms with Crippen LogP contribution in [-0.4, -0.2) is 35.4 Å². The lowest BCUT2D eigenvalue weighted by atomic mass is 10.0. The van der Waals surface area contributed by atoms with Crippen molar-refractivity contribution in [1.29, 1.82) is 0 Å². The molecular weight excluding hydrogens is 253 g/mol. The second-order valence-corrected chi connectivity index (χ2v) is 4.02. The third-order valence-corrected chi connectivity index (χ3v) is 2.42. The molecule has 2 amide bonds. The Balaban J connectivity index is 4.44. The highest BCUT2D eigenvalue weighted by atomic mass is 19.4. The van der Waals surface area contributed by atoms with Crippen LogP contribution in [0.2, 0.25) is 0 Å². The van der Waals surface area contributed by atoms with Crippen LogP contribution < -0.4 is 10.6 Å². The first-order chi connectivity index (χ1) is 8.15. The number of urea groups is 1. The third-order valence-electron chi connectivity index (χ3n) is 2.42. The number of halogens is 3. The summed E-state index contributed by atoms with van der Waals surface area (Å²) in [6, 6.07) is -1.15. The van der Waals surface area contributed by atoms with E-state index < -0.39 is 23.7 Å². The van der Waals surface area contributed by atoms with E-state index in [-0.39, 0.29) is 6.54 Å². The maximum atomic E-state index is 12.5. The van der Waals surface area contributed by atoms with Gasteiger partial charge in [-0.15, -0.1) is 0 Å². The van der Waals surface area contributed by atoms with Gasteiger partial charge in [0.15, 0.2) is 0 Å². The van der Waals surface area contributed by atoms with Gasteiger partial charge in [0.2, 0.25) is 5.54 Å². The van der Waals surface area contributed by atoms with E-state index in [0.29, 0.717) is 13.3 Å². The monoisotopic (exact) mass is 270 g/mol. The van der Waals surface area contributed by atoms with E-state index in [9.17, 15) is 22.8 Å². The molecule has 0 aromatic carbocycles. The fourth-order valence-corrected chi connectivity index (χ4v) is 1.09. The predicted octanol–water partition coefficient (Wildman–Crippen LogP) is 1.88. The number of hydrogen-bond acceptors (Lipinski definition) is 2. The zero-order valence-electron chi connectivity index (χ0n) is 10.2. The number of nitrogens with one attached hydrogen (secondary N) is 2. The number of carbonyl (C=O) groups is 2. The highest BCUT2D eigenvalue weighted by molar-refractivity contribution is 5.86. The largest absolute Gasteiger partial charge is 0.479 e. The Kier molecular flexibility index (Phi) is 5.93. The Morgan fingerprint density at radius 1 is 1.22 bits per heavy atom. The summed E-state index contributed by atoms with van der Waals surface area (Å²) in [6.45, 7) is 2.54. The normalized spacial score (nSPS) is 14.7. The van der Waals surface area contributed by atoms with Crippen molar-refractivity contribution in [3.8, 4) is 0 Å². The van der Waals surface area contributed by atoms with Gasteiger partial charge in [0, 0.05) is 6.54 Å². The summed E-state index contributed by atoms with van der Waals surface area (Å²) in [5.74, 6) is -2.15. The summed E-state index contributed by atoms with van der Waals surface area (Å²) in [4.78, 5) is 21.8. The van der Waals surface area contributed by atoms with Gasteiger partial charge in [-0.3, -0.25) is 0 Å². The molecule has 0 aliphatic rings. The zero-order chi connectivity index (χ0) is 14.4. The SMILES string of the molecule is CCCCCNC(=O)NC(C)(C(=O)O)C(F)(F)F. The Labute approximate surface area is 103 Å². The van der Waals surface area contributed by atoms with Gasteiger partial charge in [-0.05, 0) is 13.3 Å². The van der Waals surface area contributed by atoms with Crippen molar-refractivity contribution in [2.75, 3.05) is 6.54 Å². The van der Waals surface area contributed by atoms with E-state index >= 15 is 0 Å². The molecule has 8 heteroatoms. The average molecular weight is 270 g/mol. The molecule has 0 aromatic rings. The summed E-state index contributed by atoms with van der Waals surface area (Å²) < 4.78 is 37.6. The van der Waals surface area contributed by atoms with Crippen molar-refractivity contribution < 1.29 is 27.9 Å². The fraction of sp³-hybridized carbons (Fsp3) is 0.800. The summed E-state index contributed by atoms with van der Waals surface area (Å²) in [5.41, 5.74) is -3.29. The molecule has 0 aliphatic carbocycles. The molecule has 0 heterocycles. The molecular formula is C10H17F3N2O3. The van der Waals surface area contributed by atoms with Crippen molar-refractivity contribution in [3.05, 3.63) is 0 Å². The van der Waals surface area contributed by atoms with Crippen LogP contribution in [0, 0.1) is 0 Å². The standard InChI is InChI=1S/C10H17F3N2O3/c1-3-4-5-6-14-8(18)15-9(2,7(16)17)10(11,12)13/h3-6H2,1-2H3,(H,16,17)(H2,14,15,18). The summed E-state index contributed by atoms with van der Waals surface area (Å²) in [5, 5.41) is 12.2. The van der Waals surface area contributed by atoms with E-state index in [1.54, 1.807) is 0 Å². The van der Waals surface area contributed by atoms with Gasteiger partial charge in [0.05, 0.1) is 0 Å². The van der Waals surface area contributed by atoms with Crippen LogP contribution in [0.4, 0.5) is 18.0 Å². The van der Waals surface area contributed by atoms with Crippen molar-refractivity contribution in [2.45, 2.75) is 44.8 Å². The number of unbranched alkanes of at least 4 members (excludes halogenated alkanes) is 2. The van der Waals surface area contributed by atoms with Gasteiger partial charge in [0.1, 0.15) is 0 Å². The molecule has 0 fully saturated rings. The Bertz CT molecular complexity index is 307. The maximum Gasteiger partial charge on any atom is 0.422 e. The number of carboxylic acid groups (broad SMARTS) is 1. The molecule has 5 nitrogen and oxygen atoms in total. The highest BCUT2D eigenvalue weighted by Crippen LogP contribution is 2.30. The first-order valence-corrected chi connectivity index (χ1v) is 5.51. The number of amides is 2. The van der Waals surface area contributed by atoms with Gasteiger partial charge in [-0.2, -0.15) is 13.2 Å². The highest BCUT2D eigenvalue weighted by Gasteiger charge is 2.58. The van der Waals surface area contributed by atoms with Crippen LogP contribution >= 0.6 is 0 Å². The van der Waals surface area contributed by atoms with E-state index in [1.165, 1.54) is 5.32 Å². The molecule has 1 atom stereocenters. The molecule has 0 spiro atoms. The molecule has 0 aliphatic heterocycles. The molecule has 0 aromatic heterocycles. The van der Waals surface area contributed by atoms with Gasteiger partial charge in [-0.1, -0.05) is 19.8 Å². The van der Waals surface area contributed by atoms with Crippen molar-refractivity contribution in [3.63, 3.8) is 0 Å². The minimum atomic E-state index is -5.07. The Morgan fingerprint density at radius 3 is 2.17 bits per heavy atom. The lowest BCUT2D eigenvalue weighted by Gasteiger charge is -2.28. The molecule has 0 saturated heterocycles. The number of hydrogen-bond donors (Lipinski definition) is 3. The maximum absolute atomic E-state index is 12.5. The lowest BCUT2D eigenvalue weighted by molar-refractivity contribution is -0.203. The molecule has 1 unspecified atom stereocenters. The predicted molar refractivity (Wildman–Crippen MR) is 58.2 cm³/mol. The molecule has 0 bridgehead atoms. The summed E-state index contributed by atoms with van der Waals surface area (Å²) in [6.07, 6.45) is -2.71. The van der Waals surface area contributed by atoms with Crippen LogP contribution in [0.25, 0.3) is 0 Å². The van der Waals surface area contributed by atoms with Crippen LogP contribution in [-0.2, 0) is 4.79 Å². The number of aliphatic carboxylic acids is 1. The fourth-order valence-electron chi connectivity index (χ4n) is 1.09. The average Bonchev–Trinajstić information content (AvgIpc) is 2.22. The molecule has 0 radical (unpaired) electrons. The van der Waals surface area contributed by atoms with Crippen molar-refractivity contribution in [2.24, 2.45) is 0 Å². The third kappa shape index (κ3) is 4.42. The first-order valence-electron chi connectivity index (χ1n) is 5.51. The van der Waals surface area contributed by atoms with Gasteiger partial charge >= 0.3 is 18.2 Å². The van der Waals surface area contributed by atoms with Crippen molar-refractivity contribution in [1.82, 2.24) is 10.6 Å². The van der Waals surface area contributed by atoms with Gasteiger partial charge in [0.25, 0.3) is 0 Å². The molecule has 18 heavy (non-hydrogen) atoms. The van der Waals surface area contributed by atoms with Crippen molar-refractivity contribution >= 4 is 12.0 Å². The minimum Gasteiger partial charge on any atom is -0.479 e. The van der Waals surface area contributed by atoms with Crippen LogP contribution in [0.1, 0.15) is 33.1 Å². The number of alkyl halides is 3. The van der Waals surface area contributed by atoms with E-state index in [1.807, 2.05) is 6.92 Å². The van der Waals surface area contributed by atoms with E-state index in [2.05, 4.69) is 5.32 Å². The van der Waals surface area contributed by atoms with E-state index in [4.69, 9.17) is 5.11 Å². The molecule has 3 N–H and O–H groups in total. The molecule has 106 valence electrons.